The van der Waals surface area contributed by atoms with Gasteiger partial charge in [0.2, 0.25) is 0 Å². The number of nitrogens with zero attached hydrogens (tertiary/aromatic N) is 3. The molecule has 168 valence electrons. The first-order chi connectivity index (χ1) is 15.4. The average Bonchev–Trinajstić information content (AvgIpc) is 3.32. The molecular formula is C23H27N5O4. The van der Waals surface area contributed by atoms with Crippen molar-refractivity contribution in [3.05, 3.63) is 66.2 Å². The molecule has 3 rings (SSSR count). The summed E-state index contributed by atoms with van der Waals surface area (Å²) in [5, 5.41) is 9.83. The van der Waals surface area contributed by atoms with E-state index >= 15 is 0 Å². The minimum Gasteiger partial charge on any atom is -0.493 e. The number of hydrogen-bond donors (Lipinski definition) is 2. The molecule has 0 aliphatic carbocycles. The Morgan fingerprint density at radius 2 is 1.78 bits per heavy atom. The SMILES string of the molecule is COc1cc(C(=O)NC(C)c2ccc(-n3cncn3)cc2)ccc1OCC(=O)NC(C)C. The van der Waals surface area contributed by atoms with Crippen LogP contribution in [0.25, 0.3) is 5.69 Å². The maximum atomic E-state index is 12.8. The van der Waals surface area contributed by atoms with Crippen molar-refractivity contribution in [3.63, 3.8) is 0 Å². The number of methoxy groups -OCH3 is 1. The minimum atomic E-state index is -0.250. The van der Waals surface area contributed by atoms with Gasteiger partial charge in [0.15, 0.2) is 18.1 Å². The van der Waals surface area contributed by atoms with Crippen LogP contribution in [-0.4, -0.2) is 46.3 Å². The van der Waals surface area contributed by atoms with Crippen LogP contribution in [0.1, 0.15) is 42.7 Å². The monoisotopic (exact) mass is 437 g/mol. The third-order valence-electron chi connectivity index (χ3n) is 4.66. The number of rotatable bonds is 9. The molecule has 0 bridgehead atoms. The van der Waals surface area contributed by atoms with E-state index in [1.807, 2.05) is 45.0 Å². The Labute approximate surface area is 186 Å². The summed E-state index contributed by atoms with van der Waals surface area (Å²) in [6.45, 7) is 5.52. The van der Waals surface area contributed by atoms with Gasteiger partial charge in [-0.3, -0.25) is 9.59 Å². The predicted octanol–water partition coefficient (Wildman–Crippen LogP) is 2.67. The zero-order chi connectivity index (χ0) is 23.1. The molecule has 0 aliphatic rings. The van der Waals surface area contributed by atoms with Crippen molar-refractivity contribution < 1.29 is 19.1 Å². The van der Waals surface area contributed by atoms with Gasteiger partial charge in [0.25, 0.3) is 11.8 Å². The van der Waals surface area contributed by atoms with Gasteiger partial charge in [-0.2, -0.15) is 5.10 Å². The van der Waals surface area contributed by atoms with Crippen molar-refractivity contribution in [1.29, 1.82) is 0 Å². The topological polar surface area (TPSA) is 107 Å². The molecule has 1 unspecified atom stereocenters. The summed E-state index contributed by atoms with van der Waals surface area (Å²) in [6, 6.07) is 12.3. The molecule has 9 heteroatoms. The van der Waals surface area contributed by atoms with E-state index in [0.29, 0.717) is 17.1 Å². The zero-order valence-electron chi connectivity index (χ0n) is 18.5. The number of benzene rings is 2. The molecule has 0 saturated heterocycles. The fraction of sp³-hybridized carbons (Fsp3) is 0.304. The molecule has 0 aliphatic heterocycles. The molecule has 9 nitrogen and oxygen atoms in total. The van der Waals surface area contributed by atoms with Gasteiger partial charge in [-0.15, -0.1) is 0 Å². The number of amides is 2. The van der Waals surface area contributed by atoms with Gasteiger partial charge in [-0.05, 0) is 56.7 Å². The van der Waals surface area contributed by atoms with Crippen molar-refractivity contribution in [1.82, 2.24) is 25.4 Å². The first-order valence-corrected chi connectivity index (χ1v) is 10.2. The van der Waals surface area contributed by atoms with Gasteiger partial charge in [0.1, 0.15) is 12.7 Å². The summed E-state index contributed by atoms with van der Waals surface area (Å²) in [5.41, 5.74) is 2.25. The fourth-order valence-electron chi connectivity index (χ4n) is 3.06. The maximum absolute atomic E-state index is 12.8. The van der Waals surface area contributed by atoms with Crippen LogP contribution in [0, 0.1) is 0 Å². The van der Waals surface area contributed by atoms with Crippen LogP contribution in [0.4, 0.5) is 0 Å². The Morgan fingerprint density at radius 1 is 1.03 bits per heavy atom. The summed E-state index contributed by atoms with van der Waals surface area (Å²) < 4.78 is 12.5. The van der Waals surface area contributed by atoms with E-state index in [1.54, 1.807) is 29.2 Å². The highest BCUT2D eigenvalue weighted by molar-refractivity contribution is 5.95. The van der Waals surface area contributed by atoms with Gasteiger partial charge < -0.3 is 20.1 Å². The molecule has 1 aromatic heterocycles. The Morgan fingerprint density at radius 3 is 2.41 bits per heavy atom. The van der Waals surface area contributed by atoms with E-state index in [0.717, 1.165) is 11.3 Å². The van der Waals surface area contributed by atoms with Crippen LogP contribution in [0.2, 0.25) is 0 Å². The van der Waals surface area contributed by atoms with E-state index in [9.17, 15) is 9.59 Å². The Balaban J connectivity index is 1.63. The van der Waals surface area contributed by atoms with Gasteiger partial charge >= 0.3 is 0 Å². The lowest BCUT2D eigenvalue weighted by Crippen LogP contribution is -2.34. The first-order valence-electron chi connectivity index (χ1n) is 10.2. The van der Waals surface area contributed by atoms with Crippen LogP contribution >= 0.6 is 0 Å². The number of ether oxygens (including phenoxy) is 2. The average molecular weight is 438 g/mol. The number of nitrogens with one attached hydrogen (secondary N) is 2. The molecule has 0 spiro atoms. The predicted molar refractivity (Wildman–Crippen MR) is 119 cm³/mol. The third-order valence-corrected chi connectivity index (χ3v) is 4.66. The molecule has 0 radical (unpaired) electrons. The third kappa shape index (κ3) is 5.84. The van der Waals surface area contributed by atoms with E-state index < -0.39 is 0 Å². The van der Waals surface area contributed by atoms with Gasteiger partial charge in [0.05, 0.1) is 18.8 Å². The lowest BCUT2D eigenvalue weighted by molar-refractivity contribution is -0.123. The quantitative estimate of drug-likeness (QED) is 0.533. The van der Waals surface area contributed by atoms with Crippen molar-refractivity contribution in [2.24, 2.45) is 0 Å². The number of hydrogen-bond acceptors (Lipinski definition) is 6. The number of aromatic nitrogens is 3. The Kier molecular flexibility index (Phi) is 7.43. The maximum Gasteiger partial charge on any atom is 0.258 e. The van der Waals surface area contributed by atoms with Gasteiger partial charge in [0, 0.05) is 11.6 Å². The van der Waals surface area contributed by atoms with Gasteiger partial charge in [-0.1, -0.05) is 12.1 Å². The molecule has 2 aromatic carbocycles. The summed E-state index contributed by atoms with van der Waals surface area (Å²) in [6.07, 6.45) is 3.10. The standard InChI is InChI=1S/C23H27N5O4/c1-15(2)26-22(29)12-32-20-10-7-18(11-21(20)31-4)23(30)27-16(3)17-5-8-19(9-6-17)28-14-24-13-25-28/h5-11,13-16H,12H2,1-4H3,(H,26,29)(H,27,30). The van der Waals surface area contributed by atoms with Gasteiger partial charge in [-0.25, -0.2) is 9.67 Å². The second-order valence-corrected chi connectivity index (χ2v) is 7.50. The summed E-state index contributed by atoms with van der Waals surface area (Å²) >= 11 is 0. The van der Waals surface area contributed by atoms with Crippen molar-refractivity contribution in [2.45, 2.75) is 32.9 Å². The molecule has 2 amide bonds. The van der Waals surface area contributed by atoms with Crippen LogP contribution in [-0.2, 0) is 4.79 Å². The summed E-state index contributed by atoms with van der Waals surface area (Å²) in [5.74, 6) is 0.285. The highest BCUT2D eigenvalue weighted by Gasteiger charge is 2.15. The van der Waals surface area contributed by atoms with E-state index in [2.05, 4.69) is 20.7 Å². The molecule has 3 aromatic rings. The molecule has 32 heavy (non-hydrogen) atoms. The molecular weight excluding hydrogens is 410 g/mol. The van der Waals surface area contributed by atoms with Crippen molar-refractivity contribution in [3.8, 4) is 17.2 Å². The van der Waals surface area contributed by atoms with Crippen molar-refractivity contribution >= 4 is 11.8 Å². The lowest BCUT2D eigenvalue weighted by Gasteiger charge is -2.16. The Bertz CT molecular complexity index is 1050. The smallest absolute Gasteiger partial charge is 0.258 e. The van der Waals surface area contributed by atoms with Crippen LogP contribution < -0.4 is 20.1 Å². The van der Waals surface area contributed by atoms with Crippen LogP contribution in [0.5, 0.6) is 11.5 Å². The first kappa shape index (κ1) is 22.8. The second-order valence-electron chi connectivity index (χ2n) is 7.50. The van der Waals surface area contributed by atoms with Crippen LogP contribution in [0.3, 0.4) is 0 Å². The number of carbonyl (C=O) groups excluding carboxylic acids is 2. The number of carbonyl (C=O) groups is 2. The molecule has 2 N–H and O–H groups in total. The molecule has 0 saturated carbocycles. The fourth-order valence-corrected chi connectivity index (χ4v) is 3.06. The van der Waals surface area contributed by atoms with E-state index in [-0.39, 0.29) is 30.5 Å². The molecule has 1 heterocycles. The summed E-state index contributed by atoms with van der Waals surface area (Å²) in [4.78, 5) is 28.5. The molecule has 1 atom stereocenters. The highest BCUT2D eigenvalue weighted by Crippen LogP contribution is 2.28. The van der Waals surface area contributed by atoms with E-state index in [1.165, 1.54) is 13.4 Å². The lowest BCUT2D eigenvalue weighted by atomic mass is 10.1. The van der Waals surface area contributed by atoms with Crippen LogP contribution in [0.15, 0.2) is 55.1 Å². The second kappa shape index (κ2) is 10.4. The highest BCUT2D eigenvalue weighted by atomic mass is 16.5. The molecule has 0 fully saturated rings. The van der Waals surface area contributed by atoms with E-state index in [4.69, 9.17) is 9.47 Å². The summed E-state index contributed by atoms with van der Waals surface area (Å²) in [7, 11) is 1.48. The van der Waals surface area contributed by atoms with Crippen molar-refractivity contribution in [2.75, 3.05) is 13.7 Å². The Hall–Kier alpha value is -3.88. The zero-order valence-corrected chi connectivity index (χ0v) is 18.5. The normalized spacial score (nSPS) is 11.7. The minimum absolute atomic E-state index is 0.0276. The largest absolute Gasteiger partial charge is 0.493 e.